The van der Waals surface area contributed by atoms with Crippen LogP contribution in [0.3, 0.4) is 0 Å². The van der Waals surface area contributed by atoms with Crippen LogP contribution in [0.5, 0.6) is 0 Å². The number of carbonyl (C=O) groups excluding carboxylic acids is 2. The van der Waals surface area contributed by atoms with Crippen molar-refractivity contribution < 1.29 is 74.1 Å². The number of nitrogens with two attached hydrogens (primary N) is 1. The van der Waals surface area contributed by atoms with Gasteiger partial charge in [0.15, 0.2) is 29.9 Å². The second kappa shape index (κ2) is 17.1. The van der Waals surface area contributed by atoms with E-state index in [4.69, 9.17) is 24.5 Å². The minimum absolute atomic E-state index is 0.00888. The second-order valence-corrected chi connectivity index (χ2v) is 16.9. The number of benzene rings is 3. The van der Waals surface area contributed by atoms with E-state index in [1.54, 1.807) is 6.07 Å². The summed E-state index contributed by atoms with van der Waals surface area (Å²) in [6.45, 7) is -1.14. The minimum atomic E-state index is -5.82. The monoisotopic (exact) mass is 855 g/mol. The van der Waals surface area contributed by atoms with E-state index in [0.717, 1.165) is 36.9 Å². The van der Waals surface area contributed by atoms with Gasteiger partial charge < -0.3 is 34.6 Å². The largest absolute Gasteiger partial charge is 0.488 e. The number of hydrogen-bond donors (Lipinski definition) is 6. The number of halogens is 2. The smallest absolute Gasteiger partial charge is 0.439 e. The predicted octanol–water partition coefficient (Wildman–Crippen LogP) is 5.45. The summed E-state index contributed by atoms with van der Waals surface area (Å²) >= 11 is 0. The zero-order valence-corrected chi connectivity index (χ0v) is 31.4. The van der Waals surface area contributed by atoms with E-state index in [1.807, 2.05) is 0 Å². The van der Waals surface area contributed by atoms with Crippen molar-refractivity contribution in [1.29, 1.82) is 0 Å². The zero-order chi connectivity index (χ0) is 41.0. The highest BCUT2D eigenvalue weighted by Crippen LogP contribution is 2.68. The molecule has 5 aromatic rings. The third-order valence-electron chi connectivity index (χ3n) is 7.68. The van der Waals surface area contributed by atoms with Crippen molar-refractivity contribution in [3.05, 3.63) is 109 Å². The van der Waals surface area contributed by atoms with Crippen molar-refractivity contribution in [3.63, 3.8) is 0 Å². The Bertz CT molecular complexity index is 2380. The first kappa shape index (κ1) is 41.5. The van der Waals surface area contributed by atoms with Gasteiger partial charge in [-0.15, -0.1) is 0 Å². The summed E-state index contributed by atoms with van der Waals surface area (Å²) in [5.41, 5.74) is 6.34. The molecule has 1 fully saturated rings. The molecule has 2 aromatic heterocycles. The van der Waals surface area contributed by atoms with E-state index >= 15 is 0 Å². The number of phosphoric ester groups is 1. The Hall–Kier alpha value is -5.18. The van der Waals surface area contributed by atoms with Crippen LogP contribution in [-0.2, 0) is 47.2 Å². The fraction of sp³-hybridized carbons (Fsp3) is 0.194. The maximum atomic E-state index is 13.5. The molecule has 2 amide bonds. The minimum Gasteiger partial charge on any atom is -0.439 e. The van der Waals surface area contributed by atoms with Gasteiger partial charge in [0.2, 0.25) is 0 Å². The lowest BCUT2D eigenvalue weighted by molar-refractivity contribution is -0.0514. The van der Waals surface area contributed by atoms with Gasteiger partial charge in [0.25, 0.3) is 0 Å². The van der Waals surface area contributed by atoms with Gasteiger partial charge in [-0.1, -0.05) is 30.3 Å². The predicted molar refractivity (Wildman–Crippen MR) is 192 cm³/mol. The van der Waals surface area contributed by atoms with Gasteiger partial charge in [-0.05, 0) is 54.1 Å². The van der Waals surface area contributed by atoms with Crippen LogP contribution in [-0.4, -0.2) is 71.3 Å². The molecule has 7 N–H and O–H groups in total. The number of hydrogen-bond acceptors (Lipinski definition) is 15. The Kier molecular flexibility index (Phi) is 12.5. The molecule has 57 heavy (non-hydrogen) atoms. The van der Waals surface area contributed by atoms with Crippen LogP contribution in [0.2, 0.25) is 0 Å². The summed E-state index contributed by atoms with van der Waals surface area (Å²) in [5, 5.41) is 4.69. The van der Waals surface area contributed by atoms with Crippen LogP contribution in [0.4, 0.5) is 35.6 Å². The van der Waals surface area contributed by atoms with E-state index in [2.05, 4.69) is 34.2 Å². The Morgan fingerprint density at radius 2 is 1.37 bits per heavy atom. The number of amides is 2. The average Bonchev–Trinajstić information content (AvgIpc) is 3.70. The molecule has 7 atom stereocenters. The number of fused-ring (bicyclic) bond motifs is 1. The van der Waals surface area contributed by atoms with Gasteiger partial charge in [0.05, 0.1) is 19.1 Å². The molecule has 4 unspecified atom stereocenters. The molecule has 0 radical (unpaired) electrons. The number of nitrogen functional groups attached to an aromatic ring is 1. The third kappa shape index (κ3) is 11.0. The Morgan fingerprint density at radius 1 is 0.789 bits per heavy atom. The molecule has 3 heterocycles. The lowest BCUT2D eigenvalue weighted by Crippen LogP contribution is -2.42. The SMILES string of the molecule is Nc1ncnc2c1ncn2[C@@H]1O[C@H](COP(=O)(O)OP(=O)(O)OP(=O)(O)Cc2ccccc2)C(OC(=O)Nc2ccc(F)cc2)[C@@H]1OC(=O)Nc1ccc(F)cc1. The van der Waals surface area contributed by atoms with Crippen molar-refractivity contribution in [2.45, 2.75) is 30.7 Å². The summed E-state index contributed by atoms with van der Waals surface area (Å²) in [4.78, 5) is 69.4. The summed E-state index contributed by atoms with van der Waals surface area (Å²) < 4.78 is 97.3. The van der Waals surface area contributed by atoms with Gasteiger partial charge in [-0.2, -0.15) is 4.31 Å². The van der Waals surface area contributed by atoms with E-state index in [0.29, 0.717) is 0 Å². The molecule has 0 aliphatic carbocycles. The number of anilines is 3. The Morgan fingerprint density at radius 3 is 1.96 bits per heavy atom. The number of nitrogens with zero attached hydrogens (tertiary/aromatic N) is 4. The number of phosphoric acid groups is 2. The first-order valence-electron chi connectivity index (χ1n) is 16.1. The van der Waals surface area contributed by atoms with Crippen LogP contribution < -0.4 is 16.4 Å². The van der Waals surface area contributed by atoms with Gasteiger partial charge in [0.1, 0.15) is 29.6 Å². The summed E-state index contributed by atoms with van der Waals surface area (Å²) in [6, 6.07) is 16.4. The highest BCUT2D eigenvalue weighted by molar-refractivity contribution is 7.68. The fourth-order valence-corrected chi connectivity index (χ4v) is 9.49. The summed E-state index contributed by atoms with van der Waals surface area (Å²) in [6.07, 6.45) is -7.81. The first-order chi connectivity index (χ1) is 27.0. The first-order valence-corrected chi connectivity index (χ1v) is 20.8. The number of imidazole rings is 1. The van der Waals surface area contributed by atoms with Crippen molar-refractivity contribution in [3.8, 4) is 0 Å². The van der Waals surface area contributed by atoms with Crippen LogP contribution in [0, 0.1) is 11.6 Å². The molecule has 1 aliphatic heterocycles. The maximum absolute atomic E-state index is 13.5. The molecule has 6 rings (SSSR count). The van der Waals surface area contributed by atoms with Gasteiger partial charge in [-0.3, -0.25) is 24.3 Å². The lowest BCUT2D eigenvalue weighted by atomic mass is 10.1. The highest BCUT2D eigenvalue weighted by Gasteiger charge is 2.52. The summed E-state index contributed by atoms with van der Waals surface area (Å²) in [5.74, 6) is -1.30. The van der Waals surface area contributed by atoms with Crippen molar-refractivity contribution in [1.82, 2.24) is 19.5 Å². The molecular formula is C31H30F2N7O14P3. The van der Waals surface area contributed by atoms with Crippen LogP contribution in [0.1, 0.15) is 11.8 Å². The average molecular weight is 856 g/mol. The van der Waals surface area contributed by atoms with Gasteiger partial charge in [0, 0.05) is 11.4 Å². The zero-order valence-electron chi connectivity index (χ0n) is 28.7. The van der Waals surface area contributed by atoms with Crippen LogP contribution >= 0.6 is 23.2 Å². The van der Waals surface area contributed by atoms with Gasteiger partial charge >= 0.3 is 35.4 Å². The molecule has 1 saturated heterocycles. The summed E-state index contributed by atoms with van der Waals surface area (Å²) in [7, 11) is -16.5. The second-order valence-electron chi connectivity index (χ2n) is 11.8. The standard InChI is InChI=1S/C31H30F2N7O14P3/c32-19-6-10-21(11-7-19)38-30(41)51-25-23(14-49-56(45,46)54-57(47,48)53-55(43,44)15-18-4-2-1-3-5-18)50-29(40-17-37-24-27(34)35-16-36-28(24)40)26(25)52-31(42)39-22-12-8-20(33)9-13-22/h1-13,16-17,23,25-26,29H,14-15H2,(H,38,41)(H,39,42)(H,43,44)(H,45,46)(H,47,48)(H2,34,35,36)/t23-,25?,26+,29-/m1/s1. The van der Waals surface area contributed by atoms with Crippen LogP contribution in [0.15, 0.2) is 91.5 Å². The van der Waals surface area contributed by atoms with E-state index < -0.39 is 84.4 Å². The Balaban J connectivity index is 1.27. The molecule has 0 bridgehead atoms. The number of nitrogens with one attached hydrogen (secondary N) is 2. The van der Waals surface area contributed by atoms with Crippen molar-refractivity contribution in [2.24, 2.45) is 0 Å². The Labute approximate surface area is 319 Å². The molecule has 0 spiro atoms. The number of carbonyl (C=O) groups is 2. The van der Waals surface area contributed by atoms with E-state index in [-0.39, 0.29) is 33.9 Å². The van der Waals surface area contributed by atoms with Crippen LogP contribution in [0.25, 0.3) is 11.2 Å². The third-order valence-corrected chi connectivity index (χ3v) is 12.4. The van der Waals surface area contributed by atoms with Crippen molar-refractivity contribution >= 4 is 63.8 Å². The van der Waals surface area contributed by atoms with E-state index in [1.165, 1.54) is 53.1 Å². The topological polar surface area (TPSA) is 295 Å². The molecule has 3 aromatic carbocycles. The normalized spacial score (nSPS) is 21.1. The maximum Gasteiger partial charge on any atom is 0.488 e. The quantitative estimate of drug-likeness (QED) is 0.0756. The molecule has 0 saturated carbocycles. The van der Waals surface area contributed by atoms with Crippen molar-refractivity contribution in [2.75, 3.05) is 23.0 Å². The number of rotatable bonds is 14. The fourth-order valence-electron chi connectivity index (χ4n) is 5.34. The van der Waals surface area contributed by atoms with Gasteiger partial charge in [-0.25, -0.2) is 46.8 Å². The lowest BCUT2D eigenvalue weighted by Gasteiger charge is -2.25. The number of aromatic nitrogens is 4. The molecule has 302 valence electrons. The molecule has 1 aliphatic rings. The molecular weight excluding hydrogens is 825 g/mol. The molecule has 21 nitrogen and oxygen atoms in total. The van der Waals surface area contributed by atoms with E-state index in [9.17, 15) is 46.7 Å². The molecule has 26 heteroatoms. The number of ether oxygens (including phenoxy) is 3. The highest BCUT2D eigenvalue weighted by atomic mass is 31.3.